The first kappa shape index (κ1) is 14.4. The van der Waals surface area contributed by atoms with Crippen LogP contribution in [-0.4, -0.2) is 21.4 Å². The van der Waals surface area contributed by atoms with Crippen molar-refractivity contribution in [3.05, 3.63) is 16.4 Å². The first-order valence-electron chi connectivity index (χ1n) is 6.83. The van der Waals surface area contributed by atoms with Crippen molar-refractivity contribution in [2.45, 2.75) is 32.6 Å². The summed E-state index contributed by atoms with van der Waals surface area (Å²) in [4.78, 5) is 18.3. The zero-order chi connectivity index (χ0) is 14.5. The lowest BCUT2D eigenvalue weighted by atomic mass is 9.80. The van der Waals surface area contributed by atoms with Crippen LogP contribution in [0.3, 0.4) is 0 Å². The fraction of sp³-hybridized carbons (Fsp3) is 0.667. The molecule has 1 aliphatic carbocycles. The molecule has 1 heterocycles. The summed E-state index contributed by atoms with van der Waals surface area (Å²) in [5, 5.41) is 14.2. The molecule has 20 heavy (non-hydrogen) atoms. The second kappa shape index (κ2) is 6.47. The molecule has 0 bridgehead atoms. The van der Waals surface area contributed by atoms with Gasteiger partial charge in [0.25, 0.3) is 0 Å². The number of nitrogens with one attached hydrogen (secondary N) is 2. The van der Waals surface area contributed by atoms with E-state index in [1.165, 1.54) is 25.6 Å². The highest BCUT2D eigenvalue weighted by atomic mass is 16.6. The Balaban J connectivity index is 2.10. The highest BCUT2D eigenvalue weighted by Gasteiger charge is 2.25. The first-order valence-corrected chi connectivity index (χ1v) is 6.83. The molecular formula is C12H20N6O2. The molecule has 0 aromatic carbocycles. The van der Waals surface area contributed by atoms with Crippen LogP contribution in [-0.2, 0) is 0 Å². The molecule has 0 aliphatic heterocycles. The molecule has 2 unspecified atom stereocenters. The molecule has 1 saturated carbocycles. The van der Waals surface area contributed by atoms with E-state index in [0.717, 1.165) is 6.42 Å². The van der Waals surface area contributed by atoms with Crippen molar-refractivity contribution in [2.24, 2.45) is 17.7 Å². The number of anilines is 2. The van der Waals surface area contributed by atoms with Crippen LogP contribution in [0.1, 0.15) is 32.6 Å². The lowest BCUT2D eigenvalue weighted by molar-refractivity contribution is -0.383. The highest BCUT2D eigenvalue weighted by Crippen LogP contribution is 2.32. The molecule has 1 aliphatic rings. The fourth-order valence-corrected chi connectivity index (χ4v) is 2.71. The predicted octanol–water partition coefficient (Wildman–Crippen LogP) is 1.91. The predicted molar refractivity (Wildman–Crippen MR) is 76.1 cm³/mol. The zero-order valence-electron chi connectivity index (χ0n) is 11.5. The van der Waals surface area contributed by atoms with Gasteiger partial charge in [-0.25, -0.2) is 15.8 Å². The van der Waals surface area contributed by atoms with Crippen molar-refractivity contribution in [2.75, 3.05) is 17.3 Å². The molecule has 8 heteroatoms. The summed E-state index contributed by atoms with van der Waals surface area (Å²) >= 11 is 0. The number of hydrazine groups is 1. The van der Waals surface area contributed by atoms with Gasteiger partial charge in [-0.05, 0) is 18.3 Å². The van der Waals surface area contributed by atoms with E-state index in [2.05, 4.69) is 27.6 Å². The van der Waals surface area contributed by atoms with Crippen molar-refractivity contribution < 1.29 is 4.92 Å². The summed E-state index contributed by atoms with van der Waals surface area (Å²) in [7, 11) is 0. The van der Waals surface area contributed by atoms with Crippen LogP contribution in [0.4, 0.5) is 17.3 Å². The lowest BCUT2D eigenvalue weighted by Gasteiger charge is -2.28. The van der Waals surface area contributed by atoms with E-state index in [-0.39, 0.29) is 17.3 Å². The Labute approximate surface area is 117 Å². The number of hydrogen-bond acceptors (Lipinski definition) is 7. The lowest BCUT2D eigenvalue weighted by Crippen LogP contribution is -2.25. The Morgan fingerprint density at radius 2 is 2.10 bits per heavy atom. The van der Waals surface area contributed by atoms with E-state index < -0.39 is 4.92 Å². The topological polar surface area (TPSA) is 119 Å². The minimum Gasteiger partial charge on any atom is -0.364 e. The van der Waals surface area contributed by atoms with Crippen molar-refractivity contribution in [1.82, 2.24) is 9.97 Å². The van der Waals surface area contributed by atoms with Gasteiger partial charge < -0.3 is 10.7 Å². The standard InChI is InChI=1S/C12H20N6O2/c1-8-4-2-3-5-9(8)6-14-11-10(18(19)20)12(17-13)16-7-15-11/h7-9H,2-6,13H2,1H3,(H2,14,15,16,17). The third kappa shape index (κ3) is 3.13. The van der Waals surface area contributed by atoms with Gasteiger partial charge in [-0.15, -0.1) is 0 Å². The highest BCUT2D eigenvalue weighted by molar-refractivity contribution is 5.68. The van der Waals surface area contributed by atoms with Gasteiger partial charge in [0.2, 0.25) is 11.6 Å². The van der Waals surface area contributed by atoms with Crippen LogP contribution in [0.5, 0.6) is 0 Å². The maximum atomic E-state index is 11.1. The van der Waals surface area contributed by atoms with Gasteiger partial charge in [0.1, 0.15) is 6.33 Å². The molecule has 0 spiro atoms. The van der Waals surface area contributed by atoms with Crippen LogP contribution in [0, 0.1) is 22.0 Å². The zero-order valence-corrected chi connectivity index (χ0v) is 11.5. The first-order chi connectivity index (χ1) is 9.63. The van der Waals surface area contributed by atoms with Gasteiger partial charge in [-0.2, -0.15) is 0 Å². The number of nitrogens with two attached hydrogens (primary N) is 1. The van der Waals surface area contributed by atoms with E-state index in [9.17, 15) is 10.1 Å². The molecule has 2 rings (SSSR count). The van der Waals surface area contributed by atoms with E-state index in [4.69, 9.17) is 5.84 Å². The van der Waals surface area contributed by atoms with E-state index >= 15 is 0 Å². The van der Waals surface area contributed by atoms with E-state index in [1.807, 2.05) is 0 Å². The average molecular weight is 280 g/mol. The Hall–Kier alpha value is -1.96. The maximum Gasteiger partial charge on any atom is 0.354 e. The molecule has 4 N–H and O–H groups in total. The van der Waals surface area contributed by atoms with Gasteiger partial charge in [0.15, 0.2) is 0 Å². The van der Waals surface area contributed by atoms with Crippen LogP contribution in [0.15, 0.2) is 6.33 Å². The summed E-state index contributed by atoms with van der Waals surface area (Å²) < 4.78 is 0. The van der Waals surface area contributed by atoms with Crippen molar-refractivity contribution >= 4 is 17.3 Å². The van der Waals surface area contributed by atoms with Gasteiger partial charge in [0.05, 0.1) is 4.92 Å². The average Bonchev–Trinajstić information content (AvgIpc) is 2.45. The van der Waals surface area contributed by atoms with Crippen molar-refractivity contribution in [3.63, 3.8) is 0 Å². The Morgan fingerprint density at radius 3 is 2.75 bits per heavy atom. The number of nitro groups is 1. The second-order valence-corrected chi connectivity index (χ2v) is 5.22. The normalized spacial score (nSPS) is 22.3. The smallest absolute Gasteiger partial charge is 0.354 e. The molecule has 0 amide bonds. The van der Waals surface area contributed by atoms with E-state index in [0.29, 0.717) is 18.4 Å². The Bertz CT molecular complexity index is 481. The Morgan fingerprint density at radius 1 is 1.40 bits per heavy atom. The number of aromatic nitrogens is 2. The minimum absolute atomic E-state index is 0.0178. The third-order valence-corrected chi connectivity index (χ3v) is 3.96. The van der Waals surface area contributed by atoms with Crippen molar-refractivity contribution in [3.8, 4) is 0 Å². The summed E-state index contributed by atoms with van der Waals surface area (Å²) in [5.41, 5.74) is 2.02. The van der Waals surface area contributed by atoms with Crippen molar-refractivity contribution in [1.29, 1.82) is 0 Å². The van der Waals surface area contributed by atoms with Gasteiger partial charge in [0, 0.05) is 6.54 Å². The SMILES string of the molecule is CC1CCCCC1CNc1ncnc(NN)c1[N+](=O)[O-]. The number of rotatable bonds is 5. The monoisotopic (exact) mass is 280 g/mol. The fourth-order valence-electron chi connectivity index (χ4n) is 2.71. The molecule has 1 fully saturated rings. The second-order valence-electron chi connectivity index (χ2n) is 5.22. The van der Waals surface area contributed by atoms with Crippen LogP contribution in [0.25, 0.3) is 0 Å². The maximum absolute atomic E-state index is 11.1. The minimum atomic E-state index is -0.526. The molecule has 110 valence electrons. The largest absolute Gasteiger partial charge is 0.364 e. The molecule has 1 aromatic rings. The van der Waals surface area contributed by atoms with Gasteiger partial charge in [-0.1, -0.05) is 26.2 Å². The van der Waals surface area contributed by atoms with E-state index in [1.54, 1.807) is 0 Å². The molecule has 0 radical (unpaired) electrons. The molecular weight excluding hydrogens is 260 g/mol. The van der Waals surface area contributed by atoms with Crippen LogP contribution in [0.2, 0.25) is 0 Å². The molecule has 0 saturated heterocycles. The number of nitrogen functional groups attached to an aromatic ring is 1. The molecule has 2 atom stereocenters. The number of hydrogen-bond donors (Lipinski definition) is 3. The quantitative estimate of drug-likeness (QED) is 0.428. The van der Waals surface area contributed by atoms with Gasteiger partial charge >= 0.3 is 5.69 Å². The number of nitrogens with zero attached hydrogens (tertiary/aromatic N) is 3. The summed E-state index contributed by atoms with van der Waals surface area (Å²) in [6, 6.07) is 0. The summed E-state index contributed by atoms with van der Waals surface area (Å²) in [6.45, 7) is 2.91. The molecule has 1 aromatic heterocycles. The Kier molecular flexibility index (Phi) is 4.67. The summed E-state index contributed by atoms with van der Waals surface area (Å²) in [6.07, 6.45) is 6.11. The van der Waals surface area contributed by atoms with Crippen LogP contribution >= 0.6 is 0 Å². The third-order valence-electron chi connectivity index (χ3n) is 3.96. The summed E-state index contributed by atoms with van der Waals surface area (Å²) in [5.74, 6) is 6.63. The molecule has 8 nitrogen and oxygen atoms in total. The van der Waals surface area contributed by atoms with Gasteiger partial charge in [-0.3, -0.25) is 10.1 Å². The van der Waals surface area contributed by atoms with Crippen LogP contribution < -0.4 is 16.6 Å².